The van der Waals surface area contributed by atoms with Gasteiger partial charge in [-0.25, -0.2) is 0 Å². The maximum absolute atomic E-state index is 4.23. The molecule has 0 amide bonds. The number of hydrogen-bond donors (Lipinski definition) is 0. The van der Waals surface area contributed by atoms with E-state index in [1.165, 1.54) is 0 Å². The molecule has 1 nitrogen and oxygen atoms in total. The van der Waals surface area contributed by atoms with Crippen molar-refractivity contribution >= 4 is 5.71 Å². The molecule has 0 fully saturated rings. The Kier molecular flexibility index (Phi) is 4.22. The van der Waals surface area contributed by atoms with Crippen LogP contribution in [0.3, 0.4) is 0 Å². The third-order valence-corrected chi connectivity index (χ3v) is 2.32. The van der Waals surface area contributed by atoms with Crippen LogP contribution in [0.15, 0.2) is 17.3 Å². The van der Waals surface area contributed by atoms with Crippen molar-refractivity contribution in [1.82, 2.24) is 0 Å². The molecule has 1 heteroatoms. The molecule has 0 spiro atoms. The number of allylic oxidation sites excluding steroid dienone is 1. The molecule has 0 saturated carbocycles. The monoisotopic (exact) mass is 167 g/mol. The first kappa shape index (κ1) is 11.4. The van der Waals surface area contributed by atoms with E-state index >= 15 is 0 Å². The smallest absolute Gasteiger partial charge is 0.0232 e. The second-order valence-electron chi connectivity index (χ2n) is 4.37. The van der Waals surface area contributed by atoms with Gasteiger partial charge in [-0.2, -0.15) is 0 Å². The summed E-state index contributed by atoms with van der Waals surface area (Å²) in [6, 6.07) is 0. The standard InChI is InChI=1S/C11H21N/c1-9(2)11(5,6)7-8-12-10(3)4/h7-9H,1-6H3. The van der Waals surface area contributed by atoms with Crippen LogP contribution in [0.1, 0.15) is 41.5 Å². The topological polar surface area (TPSA) is 12.4 Å². The second-order valence-corrected chi connectivity index (χ2v) is 4.37. The van der Waals surface area contributed by atoms with Crippen molar-refractivity contribution in [3.8, 4) is 0 Å². The van der Waals surface area contributed by atoms with E-state index in [9.17, 15) is 0 Å². The Morgan fingerprint density at radius 2 is 1.75 bits per heavy atom. The molecule has 0 unspecified atom stereocenters. The fourth-order valence-electron chi connectivity index (χ4n) is 0.571. The summed E-state index contributed by atoms with van der Waals surface area (Å²) in [4.78, 5) is 4.23. The van der Waals surface area contributed by atoms with Crippen LogP contribution in [0.4, 0.5) is 0 Å². The van der Waals surface area contributed by atoms with Crippen LogP contribution in [-0.4, -0.2) is 5.71 Å². The van der Waals surface area contributed by atoms with Crippen LogP contribution in [0.2, 0.25) is 0 Å². The zero-order valence-corrected chi connectivity index (χ0v) is 9.18. The molecule has 0 rings (SSSR count). The highest BCUT2D eigenvalue weighted by molar-refractivity contribution is 5.79. The van der Waals surface area contributed by atoms with Crippen molar-refractivity contribution in [3.63, 3.8) is 0 Å². The maximum atomic E-state index is 4.23. The number of rotatable bonds is 3. The molecule has 70 valence electrons. The predicted octanol–water partition coefficient (Wildman–Crippen LogP) is 3.66. The number of hydrogen-bond acceptors (Lipinski definition) is 1. The highest BCUT2D eigenvalue weighted by atomic mass is 14.7. The molecule has 0 aliphatic rings. The lowest BCUT2D eigenvalue weighted by molar-refractivity contribution is 0.332. The Hall–Kier alpha value is -0.590. The summed E-state index contributed by atoms with van der Waals surface area (Å²) in [7, 11) is 0. The summed E-state index contributed by atoms with van der Waals surface area (Å²) in [5.74, 6) is 0.654. The van der Waals surface area contributed by atoms with Gasteiger partial charge in [0.1, 0.15) is 0 Å². The van der Waals surface area contributed by atoms with E-state index < -0.39 is 0 Å². The molecule has 0 radical (unpaired) electrons. The molecule has 0 saturated heterocycles. The Labute approximate surface area is 76.6 Å². The van der Waals surface area contributed by atoms with Gasteiger partial charge in [-0.3, -0.25) is 4.99 Å². The van der Waals surface area contributed by atoms with E-state index in [0.717, 1.165) is 5.71 Å². The van der Waals surface area contributed by atoms with E-state index in [1.54, 1.807) is 0 Å². The number of nitrogens with zero attached hydrogens (tertiary/aromatic N) is 1. The molecular formula is C11H21N. The van der Waals surface area contributed by atoms with Gasteiger partial charge < -0.3 is 0 Å². The average Bonchev–Trinajstić information content (AvgIpc) is 1.85. The zero-order valence-electron chi connectivity index (χ0n) is 9.18. The molecule has 12 heavy (non-hydrogen) atoms. The van der Waals surface area contributed by atoms with Gasteiger partial charge in [-0.15, -0.1) is 0 Å². The SMILES string of the molecule is CC(C)=NC=CC(C)(C)C(C)C. The predicted molar refractivity (Wildman–Crippen MR) is 56.5 cm³/mol. The highest BCUT2D eigenvalue weighted by Crippen LogP contribution is 2.27. The van der Waals surface area contributed by atoms with Crippen molar-refractivity contribution in [2.45, 2.75) is 41.5 Å². The summed E-state index contributed by atoms with van der Waals surface area (Å²) in [5, 5.41) is 0. The Balaban J connectivity index is 4.24. The van der Waals surface area contributed by atoms with Gasteiger partial charge in [-0.05, 0) is 25.2 Å². The first-order chi connectivity index (χ1) is 5.36. The summed E-state index contributed by atoms with van der Waals surface area (Å²) in [6.45, 7) is 12.9. The minimum atomic E-state index is 0.249. The third-order valence-electron chi connectivity index (χ3n) is 2.32. The van der Waals surface area contributed by atoms with Crippen molar-refractivity contribution in [1.29, 1.82) is 0 Å². The second kappa shape index (κ2) is 4.44. The molecule has 0 aliphatic heterocycles. The van der Waals surface area contributed by atoms with Gasteiger partial charge in [0.25, 0.3) is 0 Å². The molecular weight excluding hydrogens is 146 g/mol. The lowest BCUT2D eigenvalue weighted by atomic mass is 9.81. The summed E-state index contributed by atoms with van der Waals surface area (Å²) >= 11 is 0. The molecule has 0 aromatic rings. The Bertz CT molecular complexity index is 181. The molecule has 0 bridgehead atoms. The maximum Gasteiger partial charge on any atom is 0.0232 e. The van der Waals surface area contributed by atoms with Crippen molar-refractivity contribution in [2.75, 3.05) is 0 Å². The Morgan fingerprint density at radius 1 is 1.25 bits per heavy atom. The van der Waals surface area contributed by atoms with Crippen molar-refractivity contribution in [2.24, 2.45) is 16.3 Å². The van der Waals surface area contributed by atoms with Crippen LogP contribution in [-0.2, 0) is 0 Å². The first-order valence-electron chi connectivity index (χ1n) is 4.55. The number of aliphatic imine (C=N–C) groups is 1. The molecule has 0 atom stereocenters. The minimum absolute atomic E-state index is 0.249. The van der Waals surface area contributed by atoms with E-state index in [-0.39, 0.29) is 5.41 Å². The lowest BCUT2D eigenvalue weighted by Gasteiger charge is -2.24. The van der Waals surface area contributed by atoms with Crippen LogP contribution in [0, 0.1) is 11.3 Å². The van der Waals surface area contributed by atoms with Crippen molar-refractivity contribution in [3.05, 3.63) is 12.3 Å². The van der Waals surface area contributed by atoms with Gasteiger partial charge in [0.05, 0.1) is 0 Å². The van der Waals surface area contributed by atoms with Crippen LogP contribution in [0.5, 0.6) is 0 Å². The normalized spacial score (nSPS) is 12.6. The third kappa shape index (κ3) is 4.32. The highest BCUT2D eigenvalue weighted by Gasteiger charge is 2.17. The van der Waals surface area contributed by atoms with Crippen LogP contribution < -0.4 is 0 Å². The largest absolute Gasteiger partial charge is 0.267 e. The van der Waals surface area contributed by atoms with Gasteiger partial charge >= 0.3 is 0 Å². The summed E-state index contributed by atoms with van der Waals surface area (Å²) < 4.78 is 0. The summed E-state index contributed by atoms with van der Waals surface area (Å²) in [5.41, 5.74) is 1.35. The van der Waals surface area contributed by atoms with Gasteiger partial charge in [0.15, 0.2) is 0 Å². The van der Waals surface area contributed by atoms with E-state index in [2.05, 4.69) is 38.8 Å². The molecule has 0 heterocycles. The first-order valence-corrected chi connectivity index (χ1v) is 4.55. The van der Waals surface area contributed by atoms with Crippen molar-refractivity contribution < 1.29 is 0 Å². The van der Waals surface area contributed by atoms with Gasteiger partial charge in [0, 0.05) is 11.9 Å². The van der Waals surface area contributed by atoms with Crippen LogP contribution >= 0.6 is 0 Å². The zero-order chi connectivity index (χ0) is 9.78. The molecule has 0 aromatic heterocycles. The van der Waals surface area contributed by atoms with Gasteiger partial charge in [0.2, 0.25) is 0 Å². The fraction of sp³-hybridized carbons (Fsp3) is 0.727. The van der Waals surface area contributed by atoms with E-state index in [0.29, 0.717) is 5.92 Å². The van der Waals surface area contributed by atoms with E-state index in [4.69, 9.17) is 0 Å². The van der Waals surface area contributed by atoms with Crippen LogP contribution in [0.25, 0.3) is 0 Å². The van der Waals surface area contributed by atoms with Gasteiger partial charge in [-0.1, -0.05) is 33.8 Å². The fourth-order valence-corrected chi connectivity index (χ4v) is 0.571. The molecule has 0 N–H and O–H groups in total. The lowest BCUT2D eigenvalue weighted by Crippen LogP contribution is -2.15. The Morgan fingerprint density at radius 3 is 2.08 bits per heavy atom. The average molecular weight is 167 g/mol. The molecule has 0 aromatic carbocycles. The quantitative estimate of drug-likeness (QED) is 0.569. The summed E-state index contributed by atoms with van der Waals surface area (Å²) in [6.07, 6.45) is 4.08. The minimum Gasteiger partial charge on any atom is -0.267 e. The van der Waals surface area contributed by atoms with E-state index in [1.807, 2.05) is 20.0 Å². The molecule has 0 aliphatic carbocycles.